The summed E-state index contributed by atoms with van der Waals surface area (Å²) in [5.41, 5.74) is -0.196. The molecule has 2 aromatic rings. The first-order valence-corrected chi connectivity index (χ1v) is 10.3. The summed E-state index contributed by atoms with van der Waals surface area (Å²) >= 11 is 5.98. The van der Waals surface area contributed by atoms with Crippen molar-refractivity contribution in [2.24, 2.45) is 0 Å². The van der Waals surface area contributed by atoms with E-state index in [1.807, 2.05) is 0 Å². The molecule has 1 aliphatic heterocycles. The average Bonchev–Trinajstić information content (AvgIpc) is 2.74. The van der Waals surface area contributed by atoms with Gasteiger partial charge in [0.25, 0.3) is 0 Å². The fraction of sp³-hybridized carbons (Fsp3) is 0.476. The van der Waals surface area contributed by atoms with E-state index in [4.69, 9.17) is 30.9 Å². The number of halogens is 4. The van der Waals surface area contributed by atoms with E-state index in [1.54, 1.807) is 18.2 Å². The maximum absolute atomic E-state index is 12.8. The summed E-state index contributed by atoms with van der Waals surface area (Å²) in [4.78, 5) is 5.97. The first-order valence-electron chi connectivity index (χ1n) is 9.94. The van der Waals surface area contributed by atoms with Gasteiger partial charge < -0.3 is 19.3 Å². The summed E-state index contributed by atoms with van der Waals surface area (Å²) in [6, 6.07) is 6.02. The predicted octanol–water partition coefficient (Wildman–Crippen LogP) is 4.18. The van der Waals surface area contributed by atoms with Crippen molar-refractivity contribution in [1.29, 1.82) is 0 Å². The van der Waals surface area contributed by atoms with Gasteiger partial charge in [-0.2, -0.15) is 13.2 Å². The summed E-state index contributed by atoms with van der Waals surface area (Å²) in [6.45, 7) is 4.34. The number of benzene rings is 1. The molecule has 10 heteroatoms. The SMILES string of the molecule is OCCCc1ccc(OCCN2CCOCC2)cc1Oc1ncc(C(F)(F)F)cc1Cl. The van der Waals surface area contributed by atoms with E-state index in [9.17, 15) is 13.2 Å². The molecule has 1 N–H and O–H groups in total. The molecule has 1 fully saturated rings. The smallest absolute Gasteiger partial charge is 0.417 e. The predicted molar refractivity (Wildman–Crippen MR) is 109 cm³/mol. The third-order valence-electron chi connectivity index (χ3n) is 4.76. The monoisotopic (exact) mass is 460 g/mol. The third kappa shape index (κ3) is 6.96. The Labute approximate surface area is 183 Å². The molecule has 0 bridgehead atoms. The normalized spacial score (nSPS) is 15.1. The summed E-state index contributed by atoms with van der Waals surface area (Å²) < 4.78 is 55.4. The Hall–Kier alpha value is -2.07. The fourth-order valence-corrected chi connectivity index (χ4v) is 3.28. The molecule has 2 heterocycles. The van der Waals surface area contributed by atoms with Crippen LogP contribution in [0.25, 0.3) is 0 Å². The maximum Gasteiger partial charge on any atom is 0.417 e. The lowest BCUT2D eigenvalue weighted by molar-refractivity contribution is -0.137. The highest BCUT2D eigenvalue weighted by atomic mass is 35.5. The summed E-state index contributed by atoms with van der Waals surface area (Å²) in [6.07, 6.45) is -2.85. The number of aryl methyl sites for hydroxylation is 1. The molecule has 1 aromatic heterocycles. The van der Waals surface area contributed by atoms with Gasteiger partial charge in [-0.25, -0.2) is 4.98 Å². The highest BCUT2D eigenvalue weighted by Crippen LogP contribution is 2.36. The van der Waals surface area contributed by atoms with Crippen LogP contribution < -0.4 is 9.47 Å². The molecular weight excluding hydrogens is 437 g/mol. The van der Waals surface area contributed by atoms with E-state index in [-0.39, 0.29) is 17.5 Å². The zero-order chi connectivity index (χ0) is 22.3. The van der Waals surface area contributed by atoms with Crippen LogP contribution in [0.5, 0.6) is 17.4 Å². The van der Waals surface area contributed by atoms with Crippen LogP contribution >= 0.6 is 11.6 Å². The van der Waals surface area contributed by atoms with Crippen molar-refractivity contribution >= 4 is 11.6 Å². The second-order valence-electron chi connectivity index (χ2n) is 7.01. The molecule has 6 nitrogen and oxygen atoms in total. The van der Waals surface area contributed by atoms with E-state index in [1.165, 1.54) is 0 Å². The number of rotatable bonds is 9. The van der Waals surface area contributed by atoms with Gasteiger partial charge in [0, 0.05) is 38.5 Å². The van der Waals surface area contributed by atoms with Crippen LogP contribution in [-0.4, -0.2) is 61.1 Å². The van der Waals surface area contributed by atoms with Crippen molar-refractivity contribution in [1.82, 2.24) is 9.88 Å². The Balaban J connectivity index is 1.72. The molecule has 0 radical (unpaired) electrons. The Morgan fingerprint density at radius 3 is 2.65 bits per heavy atom. The molecule has 1 saturated heterocycles. The Bertz CT molecular complexity index is 861. The molecule has 0 saturated carbocycles. The Morgan fingerprint density at radius 2 is 1.97 bits per heavy atom. The number of aliphatic hydroxyl groups is 1. The molecule has 170 valence electrons. The van der Waals surface area contributed by atoms with Crippen molar-refractivity contribution in [2.75, 3.05) is 46.1 Å². The number of aliphatic hydroxyl groups excluding tert-OH is 1. The van der Waals surface area contributed by atoms with E-state index >= 15 is 0 Å². The van der Waals surface area contributed by atoms with Crippen molar-refractivity contribution < 1.29 is 32.5 Å². The molecule has 0 unspecified atom stereocenters. The number of alkyl halides is 3. The topological polar surface area (TPSA) is 64.1 Å². The number of ether oxygens (including phenoxy) is 3. The molecule has 1 aliphatic rings. The van der Waals surface area contributed by atoms with Gasteiger partial charge in [-0.1, -0.05) is 17.7 Å². The fourth-order valence-electron chi connectivity index (χ4n) is 3.07. The van der Waals surface area contributed by atoms with Gasteiger partial charge in [0.2, 0.25) is 5.88 Å². The number of nitrogens with zero attached hydrogens (tertiary/aromatic N) is 2. The van der Waals surface area contributed by atoms with Crippen LogP contribution in [0.4, 0.5) is 13.2 Å². The van der Waals surface area contributed by atoms with E-state index in [0.717, 1.165) is 31.3 Å². The van der Waals surface area contributed by atoms with Gasteiger partial charge in [0.15, 0.2) is 0 Å². The van der Waals surface area contributed by atoms with Gasteiger partial charge in [-0.15, -0.1) is 0 Å². The van der Waals surface area contributed by atoms with Crippen LogP contribution in [0.2, 0.25) is 5.02 Å². The second-order valence-corrected chi connectivity index (χ2v) is 7.42. The van der Waals surface area contributed by atoms with E-state index in [2.05, 4.69) is 9.88 Å². The van der Waals surface area contributed by atoms with Gasteiger partial charge in [-0.3, -0.25) is 4.90 Å². The lowest BCUT2D eigenvalue weighted by Crippen LogP contribution is -2.38. The Kier molecular flexibility index (Phi) is 8.36. The lowest BCUT2D eigenvalue weighted by Gasteiger charge is -2.26. The van der Waals surface area contributed by atoms with Crippen molar-refractivity contribution in [3.8, 4) is 17.4 Å². The number of hydrogen-bond donors (Lipinski definition) is 1. The number of pyridine rings is 1. The molecule has 0 atom stereocenters. The third-order valence-corrected chi connectivity index (χ3v) is 5.03. The van der Waals surface area contributed by atoms with Crippen molar-refractivity contribution in [2.45, 2.75) is 19.0 Å². The van der Waals surface area contributed by atoms with E-state index < -0.39 is 11.7 Å². The standard InChI is InChI=1S/C21H24ClF3N2O4/c22-18-12-16(21(23,24)25)14-26-20(18)31-19-13-17(4-3-15(19)2-1-8-28)30-11-7-27-5-9-29-10-6-27/h3-4,12-14,28H,1-2,5-11H2. The highest BCUT2D eigenvalue weighted by molar-refractivity contribution is 6.31. The molecule has 0 amide bonds. The number of morpholine rings is 1. The van der Waals surface area contributed by atoms with Crippen LogP contribution in [0.1, 0.15) is 17.5 Å². The van der Waals surface area contributed by atoms with Crippen LogP contribution in [0, 0.1) is 0 Å². The van der Waals surface area contributed by atoms with Crippen LogP contribution in [0.15, 0.2) is 30.5 Å². The van der Waals surface area contributed by atoms with Crippen LogP contribution in [-0.2, 0) is 17.3 Å². The summed E-state index contributed by atoms with van der Waals surface area (Å²) in [7, 11) is 0. The molecular formula is C21H24ClF3N2O4. The zero-order valence-electron chi connectivity index (χ0n) is 16.8. The van der Waals surface area contributed by atoms with Crippen LogP contribution in [0.3, 0.4) is 0 Å². The average molecular weight is 461 g/mol. The van der Waals surface area contributed by atoms with E-state index in [0.29, 0.717) is 50.4 Å². The minimum absolute atomic E-state index is 0.00345. The largest absolute Gasteiger partial charge is 0.492 e. The molecule has 31 heavy (non-hydrogen) atoms. The lowest BCUT2D eigenvalue weighted by atomic mass is 10.1. The molecule has 0 aliphatic carbocycles. The summed E-state index contributed by atoms with van der Waals surface area (Å²) in [5.74, 6) is 0.788. The molecule has 1 aromatic carbocycles. The minimum atomic E-state index is -4.55. The minimum Gasteiger partial charge on any atom is -0.492 e. The van der Waals surface area contributed by atoms with Gasteiger partial charge >= 0.3 is 6.18 Å². The highest BCUT2D eigenvalue weighted by Gasteiger charge is 2.32. The number of aromatic nitrogens is 1. The number of hydrogen-bond acceptors (Lipinski definition) is 6. The first kappa shape index (κ1) is 23.6. The first-order chi connectivity index (χ1) is 14.9. The second kappa shape index (κ2) is 11.0. The van der Waals surface area contributed by atoms with Crippen molar-refractivity contribution in [3.05, 3.63) is 46.6 Å². The molecule has 3 rings (SSSR count). The van der Waals surface area contributed by atoms with Gasteiger partial charge in [-0.05, 0) is 30.5 Å². The quantitative estimate of drug-likeness (QED) is 0.605. The molecule has 0 spiro atoms. The van der Waals surface area contributed by atoms with Gasteiger partial charge in [0.1, 0.15) is 23.1 Å². The van der Waals surface area contributed by atoms with Crippen molar-refractivity contribution in [3.63, 3.8) is 0 Å². The Morgan fingerprint density at radius 1 is 1.19 bits per heavy atom. The van der Waals surface area contributed by atoms with Gasteiger partial charge in [0.05, 0.1) is 18.8 Å². The zero-order valence-corrected chi connectivity index (χ0v) is 17.6. The summed E-state index contributed by atoms with van der Waals surface area (Å²) in [5, 5.41) is 8.89. The maximum atomic E-state index is 12.8.